The predicted octanol–water partition coefficient (Wildman–Crippen LogP) is -0.128. The van der Waals surface area contributed by atoms with Gasteiger partial charge >= 0.3 is 0 Å². The van der Waals surface area contributed by atoms with Gasteiger partial charge in [0.25, 0.3) is 0 Å². The highest BCUT2D eigenvalue weighted by Gasteiger charge is 2.10. The maximum Gasteiger partial charge on any atom is 0.244 e. The van der Waals surface area contributed by atoms with E-state index in [2.05, 4.69) is 15.2 Å². The summed E-state index contributed by atoms with van der Waals surface area (Å²) in [4.78, 5) is 15.3. The first-order valence-corrected chi connectivity index (χ1v) is 4.09. The number of nitrogens with two attached hydrogens (primary N) is 1. The Labute approximate surface area is 79.8 Å². The molecular formula is C8H9N5O. The van der Waals surface area contributed by atoms with Gasteiger partial charge in [-0.3, -0.25) is 14.5 Å². The van der Waals surface area contributed by atoms with Crippen LogP contribution in [0.25, 0.3) is 11.5 Å². The van der Waals surface area contributed by atoms with Crippen LogP contribution in [-0.4, -0.2) is 32.2 Å². The molecule has 0 aliphatic heterocycles. The number of rotatable bonds is 2. The molecule has 0 saturated carbocycles. The molecule has 0 aliphatic carbocycles. The minimum absolute atomic E-state index is 0.0319. The highest BCUT2D eigenvalue weighted by Crippen LogP contribution is 2.13. The Morgan fingerprint density at radius 3 is 3.14 bits per heavy atom. The number of hydrogen-bond donors (Lipinski definition) is 2. The first-order chi connectivity index (χ1) is 6.83. The molecule has 0 saturated heterocycles. The molecule has 2 heterocycles. The van der Waals surface area contributed by atoms with Crippen LogP contribution in [0.15, 0.2) is 24.7 Å². The van der Waals surface area contributed by atoms with Gasteiger partial charge in [0, 0.05) is 6.20 Å². The van der Waals surface area contributed by atoms with E-state index in [1.54, 1.807) is 18.3 Å². The molecule has 0 atom stereocenters. The van der Waals surface area contributed by atoms with Gasteiger partial charge in [-0.25, -0.2) is 4.98 Å². The summed E-state index contributed by atoms with van der Waals surface area (Å²) in [6, 6.07) is 3.53. The second-order valence-corrected chi connectivity index (χ2v) is 2.70. The Kier molecular flexibility index (Phi) is 2.11. The van der Waals surface area contributed by atoms with Gasteiger partial charge in [-0.2, -0.15) is 5.10 Å². The zero-order valence-corrected chi connectivity index (χ0v) is 7.34. The Morgan fingerprint density at radius 2 is 2.50 bits per heavy atom. The monoisotopic (exact) mass is 191 g/mol. The molecule has 0 bridgehead atoms. The molecule has 3 N–H and O–H groups in total. The van der Waals surface area contributed by atoms with Crippen molar-refractivity contribution in [3.63, 3.8) is 0 Å². The highest BCUT2D eigenvalue weighted by molar-refractivity contribution is 5.84. The lowest BCUT2D eigenvalue weighted by Gasteiger charge is -2.02. The fourth-order valence-electron chi connectivity index (χ4n) is 1.22. The Bertz CT molecular complexity index is 430. The standard InChI is InChI=1S/C8H9N5O/c9-4-7(14)13-3-1-2-6(13)8-10-5-11-12-8/h1-3,5H,4,9H2,(H,10,11,12). The number of aromatic amines is 1. The minimum Gasteiger partial charge on any atom is -0.322 e. The third kappa shape index (κ3) is 1.31. The molecule has 0 aromatic carbocycles. The fraction of sp³-hybridized carbons (Fsp3) is 0.125. The number of nitrogens with one attached hydrogen (secondary N) is 1. The van der Waals surface area contributed by atoms with Crippen molar-refractivity contribution >= 4 is 5.91 Å². The smallest absolute Gasteiger partial charge is 0.244 e. The first kappa shape index (κ1) is 8.64. The van der Waals surface area contributed by atoms with E-state index in [0.717, 1.165) is 0 Å². The molecule has 2 rings (SSSR count). The summed E-state index contributed by atoms with van der Waals surface area (Å²) < 4.78 is 1.44. The van der Waals surface area contributed by atoms with E-state index in [-0.39, 0.29) is 12.5 Å². The van der Waals surface area contributed by atoms with E-state index in [1.807, 2.05) is 0 Å². The Hall–Kier alpha value is -1.95. The Balaban J connectivity index is 2.45. The molecule has 6 nitrogen and oxygen atoms in total. The van der Waals surface area contributed by atoms with Gasteiger partial charge < -0.3 is 5.73 Å². The molecule has 0 amide bonds. The SMILES string of the molecule is NCC(=O)n1cccc1-c1ncn[nH]1. The van der Waals surface area contributed by atoms with Crippen LogP contribution in [0.1, 0.15) is 4.79 Å². The van der Waals surface area contributed by atoms with Gasteiger partial charge in [0.15, 0.2) is 5.82 Å². The van der Waals surface area contributed by atoms with Crippen LogP contribution in [0, 0.1) is 0 Å². The van der Waals surface area contributed by atoms with E-state index in [0.29, 0.717) is 11.5 Å². The number of hydrogen-bond acceptors (Lipinski definition) is 4. The van der Waals surface area contributed by atoms with E-state index in [1.165, 1.54) is 10.9 Å². The number of carbonyl (C=O) groups excluding carboxylic acids is 1. The Morgan fingerprint density at radius 1 is 1.64 bits per heavy atom. The summed E-state index contributed by atoms with van der Waals surface area (Å²) in [5.74, 6) is 0.373. The average Bonchev–Trinajstić information content (AvgIpc) is 2.85. The van der Waals surface area contributed by atoms with Crippen LogP contribution in [0.2, 0.25) is 0 Å². The first-order valence-electron chi connectivity index (χ1n) is 4.09. The summed E-state index contributed by atoms with van der Waals surface area (Å²) in [6.45, 7) is -0.0319. The second-order valence-electron chi connectivity index (χ2n) is 2.70. The minimum atomic E-state index is -0.179. The van der Waals surface area contributed by atoms with Gasteiger partial charge in [0.2, 0.25) is 5.91 Å². The summed E-state index contributed by atoms with van der Waals surface area (Å²) >= 11 is 0. The molecule has 2 aromatic heterocycles. The van der Waals surface area contributed by atoms with Crippen molar-refractivity contribution in [2.24, 2.45) is 5.73 Å². The maximum atomic E-state index is 11.4. The highest BCUT2D eigenvalue weighted by atomic mass is 16.2. The lowest BCUT2D eigenvalue weighted by Crippen LogP contribution is -2.21. The van der Waals surface area contributed by atoms with Crippen LogP contribution in [0.4, 0.5) is 0 Å². The van der Waals surface area contributed by atoms with E-state index < -0.39 is 0 Å². The molecule has 14 heavy (non-hydrogen) atoms. The van der Waals surface area contributed by atoms with Crippen LogP contribution >= 0.6 is 0 Å². The summed E-state index contributed by atoms with van der Waals surface area (Å²) in [5, 5.41) is 6.40. The third-order valence-electron chi connectivity index (χ3n) is 1.85. The largest absolute Gasteiger partial charge is 0.322 e. The molecular weight excluding hydrogens is 182 g/mol. The van der Waals surface area contributed by atoms with E-state index in [9.17, 15) is 4.79 Å². The van der Waals surface area contributed by atoms with Gasteiger partial charge in [0.1, 0.15) is 6.33 Å². The third-order valence-corrected chi connectivity index (χ3v) is 1.85. The molecule has 72 valence electrons. The number of aromatic nitrogens is 4. The molecule has 0 spiro atoms. The van der Waals surface area contributed by atoms with Crippen molar-refractivity contribution < 1.29 is 4.79 Å². The van der Waals surface area contributed by atoms with Crippen LogP contribution in [-0.2, 0) is 0 Å². The quantitative estimate of drug-likeness (QED) is 0.692. The molecule has 0 unspecified atom stereocenters. The molecule has 0 aliphatic rings. The van der Waals surface area contributed by atoms with Crippen molar-refractivity contribution in [1.29, 1.82) is 0 Å². The summed E-state index contributed by atoms with van der Waals surface area (Å²) in [6.07, 6.45) is 3.03. The lowest BCUT2D eigenvalue weighted by molar-refractivity contribution is 0.0925. The van der Waals surface area contributed by atoms with E-state index >= 15 is 0 Å². The lowest BCUT2D eigenvalue weighted by atomic mass is 10.4. The van der Waals surface area contributed by atoms with Crippen LogP contribution < -0.4 is 5.73 Å². The topological polar surface area (TPSA) is 89.6 Å². The second kappa shape index (κ2) is 3.43. The maximum absolute atomic E-state index is 11.4. The number of H-pyrrole nitrogens is 1. The number of carbonyl (C=O) groups is 1. The molecule has 0 fully saturated rings. The zero-order valence-electron chi connectivity index (χ0n) is 7.34. The average molecular weight is 191 g/mol. The van der Waals surface area contributed by atoms with Crippen molar-refractivity contribution in [3.8, 4) is 11.5 Å². The normalized spacial score (nSPS) is 10.4. The predicted molar refractivity (Wildman–Crippen MR) is 49.5 cm³/mol. The number of nitrogens with zero attached hydrogens (tertiary/aromatic N) is 3. The van der Waals surface area contributed by atoms with Crippen molar-refractivity contribution in [2.75, 3.05) is 6.54 Å². The van der Waals surface area contributed by atoms with E-state index in [4.69, 9.17) is 5.73 Å². The molecule has 6 heteroatoms. The van der Waals surface area contributed by atoms with Crippen molar-refractivity contribution in [1.82, 2.24) is 19.7 Å². The van der Waals surface area contributed by atoms with Gasteiger partial charge in [-0.1, -0.05) is 0 Å². The van der Waals surface area contributed by atoms with Crippen molar-refractivity contribution in [2.45, 2.75) is 0 Å². The van der Waals surface area contributed by atoms with Gasteiger partial charge in [0.05, 0.1) is 12.2 Å². The summed E-state index contributed by atoms with van der Waals surface area (Å²) in [7, 11) is 0. The molecule has 2 aromatic rings. The van der Waals surface area contributed by atoms with Crippen molar-refractivity contribution in [3.05, 3.63) is 24.7 Å². The summed E-state index contributed by atoms with van der Waals surface area (Å²) in [5.41, 5.74) is 5.93. The zero-order chi connectivity index (χ0) is 9.97. The fourth-order valence-corrected chi connectivity index (χ4v) is 1.22. The van der Waals surface area contributed by atoms with Gasteiger partial charge in [-0.15, -0.1) is 0 Å². The van der Waals surface area contributed by atoms with Crippen LogP contribution in [0.3, 0.4) is 0 Å². The van der Waals surface area contributed by atoms with Gasteiger partial charge in [-0.05, 0) is 12.1 Å². The molecule has 0 radical (unpaired) electrons. The van der Waals surface area contributed by atoms with Crippen LogP contribution in [0.5, 0.6) is 0 Å².